The van der Waals surface area contributed by atoms with Crippen molar-refractivity contribution in [2.24, 2.45) is 7.05 Å². The lowest BCUT2D eigenvalue weighted by Gasteiger charge is -2.02. The first-order valence-electron chi connectivity index (χ1n) is 5.53. The highest BCUT2D eigenvalue weighted by molar-refractivity contribution is 5.94. The van der Waals surface area contributed by atoms with Crippen molar-refractivity contribution in [1.82, 2.24) is 13.7 Å². The van der Waals surface area contributed by atoms with Crippen LogP contribution in [0.4, 0.5) is 0 Å². The number of carbonyl (C=O) groups is 1. The Bertz CT molecular complexity index is 589. The van der Waals surface area contributed by atoms with Gasteiger partial charge in [-0.3, -0.25) is 13.9 Å². The summed E-state index contributed by atoms with van der Waals surface area (Å²) in [4.78, 5) is 23.7. The summed E-state index contributed by atoms with van der Waals surface area (Å²) >= 11 is 0. The zero-order valence-electron chi connectivity index (χ0n) is 9.96. The van der Waals surface area contributed by atoms with Gasteiger partial charge in [0, 0.05) is 32.2 Å². The van der Waals surface area contributed by atoms with E-state index in [1.807, 2.05) is 26.2 Å². The van der Waals surface area contributed by atoms with E-state index in [2.05, 4.69) is 0 Å². The minimum absolute atomic E-state index is 0.0616. The van der Waals surface area contributed by atoms with E-state index in [0.717, 1.165) is 0 Å². The Balaban J connectivity index is 2.22. The number of carbonyl (C=O) groups excluding carboxylic acids is 1. The van der Waals surface area contributed by atoms with Crippen molar-refractivity contribution < 1.29 is 4.79 Å². The largest absolute Gasteiger partial charge is 0.348 e. The molecule has 0 saturated carbocycles. The molecule has 17 heavy (non-hydrogen) atoms. The summed E-state index contributed by atoms with van der Waals surface area (Å²) in [5, 5.41) is 0. The van der Waals surface area contributed by atoms with Gasteiger partial charge in [0.1, 0.15) is 0 Å². The Morgan fingerprint density at radius 3 is 2.47 bits per heavy atom. The van der Waals surface area contributed by atoms with Crippen LogP contribution in [0.2, 0.25) is 0 Å². The van der Waals surface area contributed by atoms with Crippen molar-refractivity contribution in [2.45, 2.75) is 20.0 Å². The zero-order chi connectivity index (χ0) is 12.4. The van der Waals surface area contributed by atoms with Gasteiger partial charge < -0.3 is 4.57 Å². The molecule has 0 amide bonds. The molecule has 0 bridgehead atoms. The molecule has 0 N–H and O–H groups in total. The van der Waals surface area contributed by atoms with Crippen molar-refractivity contribution in [3.8, 4) is 0 Å². The van der Waals surface area contributed by atoms with E-state index >= 15 is 0 Å². The Morgan fingerprint density at radius 2 is 1.94 bits per heavy atom. The highest BCUT2D eigenvalue weighted by Gasteiger charge is 2.11. The zero-order valence-corrected chi connectivity index (χ0v) is 9.96. The molecule has 0 radical (unpaired) electrons. The number of rotatable bonds is 4. The number of imidazole rings is 1. The van der Waals surface area contributed by atoms with Crippen molar-refractivity contribution in [2.75, 3.05) is 0 Å². The smallest absolute Gasteiger partial charge is 0.328 e. The number of aromatic nitrogens is 3. The summed E-state index contributed by atoms with van der Waals surface area (Å²) < 4.78 is 4.75. The summed E-state index contributed by atoms with van der Waals surface area (Å²) in [5.41, 5.74) is 0.469. The number of aryl methyl sites for hydroxylation is 2. The fourth-order valence-corrected chi connectivity index (χ4v) is 1.80. The van der Waals surface area contributed by atoms with Crippen molar-refractivity contribution in [1.29, 1.82) is 0 Å². The highest BCUT2D eigenvalue weighted by Crippen LogP contribution is 2.02. The molecule has 2 heterocycles. The van der Waals surface area contributed by atoms with Gasteiger partial charge in [0.05, 0.1) is 12.2 Å². The molecule has 2 aromatic heterocycles. The van der Waals surface area contributed by atoms with Gasteiger partial charge in [-0.2, -0.15) is 0 Å². The predicted molar refractivity (Wildman–Crippen MR) is 64.1 cm³/mol. The number of nitrogens with zero attached hydrogens (tertiary/aromatic N) is 3. The molecular weight excluding hydrogens is 218 g/mol. The van der Waals surface area contributed by atoms with E-state index in [1.165, 1.54) is 4.57 Å². The highest BCUT2D eigenvalue weighted by atomic mass is 16.2. The van der Waals surface area contributed by atoms with E-state index in [0.29, 0.717) is 12.2 Å². The second-order valence-corrected chi connectivity index (χ2v) is 3.92. The molecule has 0 saturated heterocycles. The first-order valence-corrected chi connectivity index (χ1v) is 5.53. The van der Waals surface area contributed by atoms with Gasteiger partial charge in [-0.1, -0.05) is 0 Å². The molecule has 0 atom stereocenters. The fourth-order valence-electron chi connectivity index (χ4n) is 1.80. The molecule has 2 aromatic rings. The van der Waals surface area contributed by atoms with E-state index in [9.17, 15) is 9.59 Å². The Kier molecular flexibility index (Phi) is 2.99. The van der Waals surface area contributed by atoms with Crippen LogP contribution in [0.5, 0.6) is 0 Å². The first-order chi connectivity index (χ1) is 8.13. The van der Waals surface area contributed by atoms with Crippen LogP contribution in [0, 0.1) is 0 Å². The summed E-state index contributed by atoms with van der Waals surface area (Å²) in [6, 6.07) is 3.57. The summed E-state index contributed by atoms with van der Waals surface area (Å²) in [6.45, 7) is 2.60. The fraction of sp³-hybridized carbons (Fsp3) is 0.333. The number of ketones is 1. The average Bonchev–Trinajstić information content (AvgIpc) is 2.87. The lowest BCUT2D eigenvalue weighted by molar-refractivity contribution is 0.0963. The number of hydrogen-bond acceptors (Lipinski definition) is 2. The van der Waals surface area contributed by atoms with E-state index in [4.69, 9.17) is 0 Å². The minimum Gasteiger partial charge on any atom is -0.348 e. The van der Waals surface area contributed by atoms with Gasteiger partial charge in [0.25, 0.3) is 0 Å². The SMILES string of the molecule is CCn1ccn(CC(=O)c2cccn2C)c1=O. The van der Waals surface area contributed by atoms with Gasteiger partial charge in [-0.15, -0.1) is 0 Å². The van der Waals surface area contributed by atoms with Crippen LogP contribution < -0.4 is 5.69 Å². The molecular formula is C12H15N3O2. The summed E-state index contributed by atoms with van der Waals surface area (Å²) in [5.74, 6) is -0.0616. The quantitative estimate of drug-likeness (QED) is 0.736. The average molecular weight is 233 g/mol. The molecule has 0 aliphatic rings. The van der Waals surface area contributed by atoms with Crippen LogP contribution in [0.25, 0.3) is 0 Å². The molecule has 5 heteroatoms. The monoisotopic (exact) mass is 233 g/mol. The Morgan fingerprint density at radius 1 is 1.24 bits per heavy atom. The molecule has 0 aromatic carbocycles. The third-order valence-corrected chi connectivity index (χ3v) is 2.80. The first kappa shape index (κ1) is 11.4. The maximum Gasteiger partial charge on any atom is 0.328 e. The topological polar surface area (TPSA) is 48.9 Å². The molecule has 0 aliphatic heterocycles. The third-order valence-electron chi connectivity index (χ3n) is 2.80. The molecule has 0 fully saturated rings. The second-order valence-electron chi connectivity index (χ2n) is 3.92. The van der Waals surface area contributed by atoms with Gasteiger partial charge in [-0.05, 0) is 19.1 Å². The van der Waals surface area contributed by atoms with Gasteiger partial charge >= 0.3 is 5.69 Å². The van der Waals surface area contributed by atoms with Crippen LogP contribution in [0.1, 0.15) is 17.4 Å². The van der Waals surface area contributed by atoms with Crippen LogP contribution >= 0.6 is 0 Å². The van der Waals surface area contributed by atoms with Crippen LogP contribution in [0.3, 0.4) is 0 Å². The molecule has 2 rings (SSSR count). The third kappa shape index (κ3) is 2.08. The predicted octanol–water partition coefficient (Wildman–Crippen LogP) is 0.891. The van der Waals surface area contributed by atoms with Crippen LogP contribution in [-0.2, 0) is 20.1 Å². The molecule has 5 nitrogen and oxygen atoms in total. The lowest BCUT2D eigenvalue weighted by Crippen LogP contribution is -2.26. The van der Waals surface area contributed by atoms with Gasteiger partial charge in [0.15, 0.2) is 5.78 Å². The lowest BCUT2D eigenvalue weighted by atomic mass is 10.3. The van der Waals surface area contributed by atoms with E-state index in [1.54, 1.807) is 27.6 Å². The summed E-state index contributed by atoms with van der Waals surface area (Å²) in [6.07, 6.45) is 5.15. The van der Waals surface area contributed by atoms with Gasteiger partial charge in [0.2, 0.25) is 0 Å². The van der Waals surface area contributed by atoms with Crippen molar-refractivity contribution in [3.63, 3.8) is 0 Å². The minimum atomic E-state index is -0.143. The molecule has 0 unspecified atom stereocenters. The summed E-state index contributed by atoms with van der Waals surface area (Å²) in [7, 11) is 1.81. The molecule has 0 spiro atoms. The maximum absolute atomic E-state index is 12.0. The van der Waals surface area contributed by atoms with Crippen molar-refractivity contribution >= 4 is 5.78 Å². The number of Topliss-reactive ketones (excluding diaryl/α,β-unsaturated/α-hetero) is 1. The second kappa shape index (κ2) is 4.45. The van der Waals surface area contributed by atoms with Crippen molar-refractivity contribution in [3.05, 3.63) is 46.9 Å². The number of hydrogen-bond donors (Lipinski definition) is 0. The van der Waals surface area contributed by atoms with E-state index < -0.39 is 0 Å². The molecule has 0 aliphatic carbocycles. The standard InChI is InChI=1S/C12H15N3O2/c1-3-14-7-8-15(12(14)17)9-11(16)10-5-4-6-13(10)2/h4-8H,3,9H2,1-2H3. The van der Waals surface area contributed by atoms with Gasteiger partial charge in [-0.25, -0.2) is 4.79 Å². The Hall–Kier alpha value is -2.04. The molecule has 90 valence electrons. The normalized spacial score (nSPS) is 10.7. The Labute approximate surface area is 98.9 Å². The maximum atomic E-state index is 12.0. The van der Waals surface area contributed by atoms with Crippen LogP contribution in [0.15, 0.2) is 35.5 Å². The van der Waals surface area contributed by atoms with E-state index in [-0.39, 0.29) is 18.0 Å². The van der Waals surface area contributed by atoms with Crippen LogP contribution in [-0.4, -0.2) is 19.5 Å².